The van der Waals surface area contributed by atoms with E-state index in [4.69, 9.17) is 9.47 Å². The number of hydrogen-bond donors (Lipinski definition) is 2. The highest BCUT2D eigenvalue weighted by Gasteiger charge is 2.48. The van der Waals surface area contributed by atoms with Crippen LogP contribution in [0.4, 0.5) is 4.79 Å². The Kier molecular flexibility index (Phi) is 5.14. The zero-order valence-corrected chi connectivity index (χ0v) is 16.7. The summed E-state index contributed by atoms with van der Waals surface area (Å²) in [5.41, 5.74) is -0.296. The highest BCUT2D eigenvalue weighted by atomic mass is 32.1. The topological polar surface area (TPSA) is 97.0 Å². The Bertz CT molecular complexity index is 946. The summed E-state index contributed by atoms with van der Waals surface area (Å²) < 4.78 is 10.7. The fourth-order valence-electron chi connectivity index (χ4n) is 3.45. The number of fused-ring (bicyclic) bond motifs is 1. The van der Waals surface area contributed by atoms with Gasteiger partial charge in [0.05, 0.1) is 0 Å². The number of imide groups is 1. The summed E-state index contributed by atoms with van der Waals surface area (Å²) in [6.07, 6.45) is 0.996. The van der Waals surface area contributed by atoms with Crippen LogP contribution in [0.25, 0.3) is 0 Å². The number of carbonyl (C=O) groups is 3. The summed E-state index contributed by atoms with van der Waals surface area (Å²) in [5.74, 6) is 0.484. The number of nitrogens with one attached hydrogen (secondary N) is 2. The van der Waals surface area contributed by atoms with Crippen molar-refractivity contribution in [2.45, 2.75) is 25.3 Å². The first-order valence-corrected chi connectivity index (χ1v) is 10.1. The van der Waals surface area contributed by atoms with Crippen LogP contribution in [0.2, 0.25) is 0 Å². The third-order valence-electron chi connectivity index (χ3n) is 4.92. The van der Waals surface area contributed by atoms with E-state index in [1.54, 1.807) is 30.4 Å². The molecule has 1 atom stereocenters. The van der Waals surface area contributed by atoms with Gasteiger partial charge in [-0.3, -0.25) is 14.5 Å². The number of ether oxygens (including phenoxy) is 2. The van der Waals surface area contributed by atoms with E-state index in [-0.39, 0.29) is 25.7 Å². The molecule has 1 aromatic carbocycles. The first-order valence-electron chi connectivity index (χ1n) is 9.26. The Morgan fingerprint density at radius 2 is 2.10 bits per heavy atom. The van der Waals surface area contributed by atoms with Gasteiger partial charge >= 0.3 is 6.03 Å². The first kappa shape index (κ1) is 19.3. The number of hydrogen-bond acceptors (Lipinski definition) is 6. The number of carbonyl (C=O) groups excluding carboxylic acids is 3. The third-order valence-corrected chi connectivity index (χ3v) is 5.85. The van der Waals surface area contributed by atoms with Crippen LogP contribution in [0, 0.1) is 0 Å². The molecule has 8 nitrogen and oxygen atoms in total. The van der Waals surface area contributed by atoms with Crippen LogP contribution < -0.4 is 20.1 Å². The van der Waals surface area contributed by atoms with E-state index < -0.39 is 17.5 Å². The molecule has 4 amide bonds. The largest absolute Gasteiger partial charge is 0.454 e. The lowest BCUT2D eigenvalue weighted by Gasteiger charge is -2.21. The van der Waals surface area contributed by atoms with Gasteiger partial charge in [0.1, 0.15) is 12.1 Å². The maximum absolute atomic E-state index is 12.9. The molecule has 2 aliphatic rings. The van der Waals surface area contributed by atoms with E-state index >= 15 is 0 Å². The molecule has 0 radical (unpaired) electrons. The Morgan fingerprint density at radius 3 is 2.90 bits per heavy atom. The molecule has 2 N–H and O–H groups in total. The molecule has 1 unspecified atom stereocenters. The molecule has 2 aliphatic heterocycles. The van der Waals surface area contributed by atoms with Crippen molar-refractivity contribution < 1.29 is 23.9 Å². The lowest BCUT2D eigenvalue weighted by molar-refractivity contribution is -0.134. The number of thiophene rings is 1. The summed E-state index contributed by atoms with van der Waals surface area (Å²) >= 11 is 1.62. The first-order chi connectivity index (χ1) is 13.9. The molecule has 0 spiro atoms. The molecular formula is C20H21N3O5S. The number of rotatable bonds is 7. The summed E-state index contributed by atoms with van der Waals surface area (Å²) in [6.45, 7) is 1.98. The van der Waals surface area contributed by atoms with Crippen molar-refractivity contribution in [2.75, 3.05) is 19.9 Å². The lowest BCUT2D eigenvalue weighted by Crippen LogP contribution is -2.47. The molecule has 2 aromatic rings. The van der Waals surface area contributed by atoms with E-state index in [0.29, 0.717) is 24.5 Å². The average Bonchev–Trinajstić information content (AvgIpc) is 3.40. The average molecular weight is 415 g/mol. The van der Waals surface area contributed by atoms with Crippen molar-refractivity contribution in [3.63, 3.8) is 0 Å². The summed E-state index contributed by atoms with van der Waals surface area (Å²) in [4.78, 5) is 39.6. The zero-order valence-electron chi connectivity index (χ0n) is 15.9. The van der Waals surface area contributed by atoms with Gasteiger partial charge in [-0.2, -0.15) is 0 Å². The smallest absolute Gasteiger partial charge is 0.325 e. The predicted octanol–water partition coefficient (Wildman–Crippen LogP) is 1.69. The minimum absolute atomic E-state index is 0.168. The van der Waals surface area contributed by atoms with Crippen molar-refractivity contribution in [2.24, 2.45) is 0 Å². The van der Waals surface area contributed by atoms with E-state index in [2.05, 4.69) is 10.6 Å². The molecule has 29 heavy (non-hydrogen) atoms. The van der Waals surface area contributed by atoms with Crippen LogP contribution in [-0.2, 0) is 22.4 Å². The van der Waals surface area contributed by atoms with Gasteiger partial charge in [0, 0.05) is 17.8 Å². The van der Waals surface area contributed by atoms with Gasteiger partial charge in [-0.25, -0.2) is 4.79 Å². The number of urea groups is 1. The third kappa shape index (κ3) is 4.04. The highest BCUT2D eigenvalue weighted by molar-refractivity contribution is 7.09. The van der Waals surface area contributed by atoms with E-state index in [1.807, 2.05) is 23.6 Å². The Balaban J connectivity index is 1.35. The molecule has 4 rings (SSSR count). The van der Waals surface area contributed by atoms with Crippen LogP contribution in [0.5, 0.6) is 11.5 Å². The van der Waals surface area contributed by atoms with Crippen molar-refractivity contribution in [3.8, 4) is 11.5 Å². The molecule has 0 bridgehead atoms. The second kappa shape index (κ2) is 7.75. The lowest BCUT2D eigenvalue weighted by atomic mass is 9.92. The summed E-state index contributed by atoms with van der Waals surface area (Å²) in [6, 6.07) is 8.80. The zero-order chi connectivity index (χ0) is 20.4. The second-order valence-corrected chi connectivity index (χ2v) is 8.23. The van der Waals surface area contributed by atoms with Gasteiger partial charge in [-0.15, -0.1) is 11.3 Å². The Labute approximate surface area is 171 Å². The molecule has 3 heterocycles. The summed E-state index contributed by atoms with van der Waals surface area (Å²) in [5, 5.41) is 7.45. The maximum atomic E-state index is 12.9. The Hall–Kier alpha value is -3.07. The van der Waals surface area contributed by atoms with Crippen LogP contribution in [0.3, 0.4) is 0 Å². The molecule has 1 aromatic heterocycles. The van der Waals surface area contributed by atoms with Crippen LogP contribution in [0.1, 0.15) is 17.4 Å². The maximum Gasteiger partial charge on any atom is 0.325 e. The second-order valence-electron chi connectivity index (χ2n) is 7.20. The van der Waals surface area contributed by atoms with Gasteiger partial charge in [-0.1, -0.05) is 12.1 Å². The fourth-order valence-corrected chi connectivity index (χ4v) is 4.16. The van der Waals surface area contributed by atoms with Gasteiger partial charge < -0.3 is 20.1 Å². The quantitative estimate of drug-likeness (QED) is 0.671. The van der Waals surface area contributed by atoms with E-state index in [0.717, 1.165) is 15.3 Å². The monoisotopic (exact) mass is 415 g/mol. The fraction of sp³-hybridized carbons (Fsp3) is 0.350. The van der Waals surface area contributed by atoms with Crippen LogP contribution >= 0.6 is 11.3 Å². The molecule has 1 fully saturated rings. The summed E-state index contributed by atoms with van der Waals surface area (Å²) in [7, 11) is 0. The van der Waals surface area contributed by atoms with Crippen LogP contribution in [0.15, 0.2) is 35.7 Å². The number of amides is 4. The van der Waals surface area contributed by atoms with Crippen molar-refractivity contribution in [1.82, 2.24) is 15.5 Å². The number of benzene rings is 1. The number of nitrogens with zero attached hydrogens (tertiary/aromatic N) is 1. The molecule has 9 heteroatoms. The SMILES string of the molecule is CC1(Cc2ccc3c(c2)OCO3)NC(=O)N(CC(=O)NCCc2cccs2)C1=O. The van der Waals surface area contributed by atoms with Gasteiger partial charge in [-0.05, 0) is 42.5 Å². The predicted molar refractivity (Wildman–Crippen MR) is 106 cm³/mol. The van der Waals surface area contributed by atoms with Gasteiger partial charge in [0.25, 0.3) is 5.91 Å². The van der Waals surface area contributed by atoms with E-state index in [9.17, 15) is 14.4 Å². The van der Waals surface area contributed by atoms with Crippen molar-refractivity contribution in [1.29, 1.82) is 0 Å². The van der Waals surface area contributed by atoms with Gasteiger partial charge in [0.15, 0.2) is 11.5 Å². The van der Waals surface area contributed by atoms with Crippen molar-refractivity contribution in [3.05, 3.63) is 46.2 Å². The molecule has 1 saturated heterocycles. The molecule has 152 valence electrons. The highest BCUT2D eigenvalue weighted by Crippen LogP contribution is 2.34. The normalized spacial score (nSPS) is 20.1. The van der Waals surface area contributed by atoms with Gasteiger partial charge in [0.2, 0.25) is 12.7 Å². The van der Waals surface area contributed by atoms with Crippen molar-refractivity contribution >= 4 is 29.2 Å². The minimum Gasteiger partial charge on any atom is -0.454 e. The molecule has 0 saturated carbocycles. The Morgan fingerprint density at radius 1 is 1.28 bits per heavy atom. The standard InChI is InChI=1S/C20H21N3O5S/c1-20(10-13-4-5-15-16(9-13)28-12-27-15)18(25)23(19(26)22-20)11-17(24)21-7-6-14-3-2-8-29-14/h2-5,8-9H,6-7,10-12H2,1H3,(H,21,24)(H,22,26). The van der Waals surface area contributed by atoms with Crippen LogP contribution in [-0.4, -0.2) is 48.2 Å². The van der Waals surface area contributed by atoms with E-state index in [1.165, 1.54) is 0 Å². The molecule has 0 aliphatic carbocycles. The molecular weight excluding hydrogens is 394 g/mol. The minimum atomic E-state index is -1.12.